The lowest BCUT2D eigenvalue weighted by atomic mass is 10.1. The van der Waals surface area contributed by atoms with Crippen LogP contribution >= 0.6 is 11.8 Å². The Morgan fingerprint density at radius 1 is 1.15 bits per heavy atom. The maximum absolute atomic E-state index is 12.1. The molecule has 2 aromatic carbocycles. The van der Waals surface area contributed by atoms with E-state index < -0.39 is 0 Å². The topological polar surface area (TPSA) is 79.9 Å². The van der Waals surface area contributed by atoms with Crippen LogP contribution in [0.3, 0.4) is 0 Å². The first kappa shape index (κ1) is 18.0. The van der Waals surface area contributed by atoms with E-state index in [0.717, 1.165) is 17.0 Å². The predicted molar refractivity (Wildman–Crippen MR) is 102 cm³/mol. The van der Waals surface area contributed by atoms with E-state index in [4.69, 9.17) is 4.74 Å². The van der Waals surface area contributed by atoms with E-state index in [1.165, 1.54) is 17.3 Å². The van der Waals surface area contributed by atoms with Crippen molar-refractivity contribution in [2.45, 2.75) is 25.6 Å². The molecule has 0 radical (unpaired) electrons. The summed E-state index contributed by atoms with van der Waals surface area (Å²) in [6.07, 6.45) is 0. The monoisotopic (exact) mass is 368 g/mol. The van der Waals surface area contributed by atoms with E-state index >= 15 is 0 Å². The standard InChI is InChI=1S/C19H20N4O2S/c1-13-8-9-15(10-14(13)2)20-18(24)12-26-19-21-17(22-23-19)11-25-16-6-4-3-5-7-16/h3-10H,11-12H2,1-2H3,(H,20,24)(H,21,22,23). The molecule has 2 N–H and O–H groups in total. The van der Waals surface area contributed by atoms with Gasteiger partial charge in [0.2, 0.25) is 11.1 Å². The van der Waals surface area contributed by atoms with Gasteiger partial charge in [-0.2, -0.15) is 0 Å². The summed E-state index contributed by atoms with van der Waals surface area (Å²) in [6.45, 7) is 4.36. The van der Waals surface area contributed by atoms with Crippen molar-refractivity contribution < 1.29 is 9.53 Å². The van der Waals surface area contributed by atoms with Crippen molar-refractivity contribution in [3.63, 3.8) is 0 Å². The number of benzene rings is 2. The molecule has 1 aromatic heterocycles. The van der Waals surface area contributed by atoms with Crippen LogP contribution < -0.4 is 10.1 Å². The average molecular weight is 368 g/mol. The van der Waals surface area contributed by atoms with Gasteiger partial charge in [0.15, 0.2) is 5.82 Å². The number of hydrogen-bond acceptors (Lipinski definition) is 5. The number of aromatic amines is 1. The highest BCUT2D eigenvalue weighted by Crippen LogP contribution is 2.17. The first-order chi connectivity index (χ1) is 12.6. The number of thioether (sulfide) groups is 1. The molecule has 0 saturated heterocycles. The third-order valence-electron chi connectivity index (χ3n) is 3.75. The second-order valence-corrected chi connectivity index (χ2v) is 6.74. The van der Waals surface area contributed by atoms with Crippen molar-refractivity contribution in [3.8, 4) is 5.75 Å². The van der Waals surface area contributed by atoms with Crippen LogP contribution in [0, 0.1) is 13.8 Å². The highest BCUT2D eigenvalue weighted by atomic mass is 32.2. The molecule has 134 valence electrons. The molecule has 0 unspecified atom stereocenters. The van der Waals surface area contributed by atoms with Crippen LogP contribution in [0.25, 0.3) is 0 Å². The van der Waals surface area contributed by atoms with E-state index in [0.29, 0.717) is 17.6 Å². The molecule has 3 aromatic rings. The lowest BCUT2D eigenvalue weighted by Gasteiger charge is -2.06. The Bertz CT molecular complexity index is 880. The van der Waals surface area contributed by atoms with Crippen molar-refractivity contribution in [3.05, 3.63) is 65.5 Å². The molecule has 3 rings (SSSR count). The van der Waals surface area contributed by atoms with E-state index in [2.05, 4.69) is 20.5 Å². The molecule has 0 aliphatic carbocycles. The number of nitrogens with one attached hydrogen (secondary N) is 2. The molecule has 7 heteroatoms. The Labute approximate surface area is 156 Å². The summed E-state index contributed by atoms with van der Waals surface area (Å²) in [5.74, 6) is 1.53. The lowest BCUT2D eigenvalue weighted by Crippen LogP contribution is -2.14. The zero-order valence-electron chi connectivity index (χ0n) is 14.7. The number of hydrogen-bond donors (Lipinski definition) is 2. The number of anilines is 1. The first-order valence-electron chi connectivity index (χ1n) is 8.19. The molecular formula is C19H20N4O2S. The van der Waals surface area contributed by atoms with Crippen molar-refractivity contribution in [2.75, 3.05) is 11.1 Å². The lowest BCUT2D eigenvalue weighted by molar-refractivity contribution is -0.113. The number of carbonyl (C=O) groups is 1. The summed E-state index contributed by atoms with van der Waals surface area (Å²) in [5.41, 5.74) is 3.14. The van der Waals surface area contributed by atoms with E-state index in [9.17, 15) is 4.79 Å². The van der Waals surface area contributed by atoms with Gasteiger partial charge in [-0.05, 0) is 49.2 Å². The van der Waals surface area contributed by atoms with Gasteiger partial charge in [0.25, 0.3) is 0 Å². The van der Waals surface area contributed by atoms with Gasteiger partial charge in [-0.15, -0.1) is 5.10 Å². The van der Waals surface area contributed by atoms with Crippen LogP contribution in [0.4, 0.5) is 5.69 Å². The Morgan fingerprint density at radius 2 is 1.96 bits per heavy atom. The van der Waals surface area contributed by atoms with E-state index in [-0.39, 0.29) is 11.7 Å². The molecule has 0 atom stereocenters. The molecule has 0 aliphatic heterocycles. The third kappa shape index (κ3) is 5.10. The summed E-state index contributed by atoms with van der Waals surface area (Å²) in [4.78, 5) is 16.4. The SMILES string of the molecule is Cc1ccc(NC(=O)CSc2n[nH]c(COc3ccccc3)n2)cc1C. The Balaban J connectivity index is 1.46. The molecule has 6 nitrogen and oxygen atoms in total. The van der Waals surface area contributed by atoms with Gasteiger partial charge >= 0.3 is 0 Å². The molecule has 0 fully saturated rings. The van der Waals surface area contributed by atoms with E-state index in [1.54, 1.807) is 0 Å². The van der Waals surface area contributed by atoms with Crippen molar-refractivity contribution in [1.82, 2.24) is 15.2 Å². The predicted octanol–water partition coefficient (Wildman–Crippen LogP) is 3.73. The van der Waals surface area contributed by atoms with Crippen LogP contribution in [0.5, 0.6) is 5.75 Å². The zero-order chi connectivity index (χ0) is 18.4. The second-order valence-electron chi connectivity index (χ2n) is 5.80. The fourth-order valence-electron chi connectivity index (χ4n) is 2.22. The molecule has 26 heavy (non-hydrogen) atoms. The van der Waals surface area contributed by atoms with Gasteiger partial charge in [-0.1, -0.05) is 36.0 Å². The Kier molecular flexibility index (Phi) is 5.91. The summed E-state index contributed by atoms with van der Waals surface area (Å²) < 4.78 is 5.61. The largest absolute Gasteiger partial charge is 0.486 e. The van der Waals surface area contributed by atoms with E-state index in [1.807, 2.05) is 62.4 Å². The molecule has 0 bridgehead atoms. The average Bonchev–Trinajstić information content (AvgIpc) is 3.10. The molecule has 1 amide bonds. The van der Waals surface area contributed by atoms with Gasteiger partial charge in [-0.25, -0.2) is 4.98 Å². The number of rotatable bonds is 7. The highest BCUT2D eigenvalue weighted by Gasteiger charge is 2.09. The Morgan fingerprint density at radius 3 is 2.73 bits per heavy atom. The first-order valence-corrected chi connectivity index (χ1v) is 9.18. The van der Waals surface area contributed by atoms with Crippen molar-refractivity contribution in [1.29, 1.82) is 0 Å². The van der Waals surface area contributed by atoms with Crippen LogP contribution in [0.15, 0.2) is 53.7 Å². The number of H-pyrrole nitrogens is 1. The summed E-state index contributed by atoms with van der Waals surface area (Å²) >= 11 is 1.28. The van der Waals surface area contributed by atoms with Crippen molar-refractivity contribution in [2.24, 2.45) is 0 Å². The number of aryl methyl sites for hydroxylation is 2. The van der Waals surface area contributed by atoms with Crippen LogP contribution in [-0.2, 0) is 11.4 Å². The number of para-hydroxylation sites is 1. The fourth-order valence-corrected chi connectivity index (χ4v) is 2.84. The smallest absolute Gasteiger partial charge is 0.234 e. The number of nitrogens with zero attached hydrogens (tertiary/aromatic N) is 2. The molecular weight excluding hydrogens is 348 g/mol. The minimum atomic E-state index is -0.0925. The quantitative estimate of drug-likeness (QED) is 0.621. The van der Waals surface area contributed by atoms with Crippen molar-refractivity contribution >= 4 is 23.4 Å². The zero-order valence-corrected chi connectivity index (χ0v) is 15.5. The number of ether oxygens (including phenoxy) is 1. The minimum Gasteiger partial charge on any atom is -0.486 e. The van der Waals surface area contributed by atoms with Gasteiger partial charge < -0.3 is 10.1 Å². The summed E-state index contributed by atoms with van der Waals surface area (Å²) in [7, 11) is 0. The third-order valence-corrected chi connectivity index (χ3v) is 4.60. The van der Waals surface area contributed by atoms with Crippen LogP contribution in [0.2, 0.25) is 0 Å². The molecule has 0 aliphatic rings. The van der Waals surface area contributed by atoms with Gasteiger partial charge in [0.05, 0.1) is 5.75 Å². The maximum atomic E-state index is 12.1. The van der Waals surface area contributed by atoms with Crippen LogP contribution in [-0.4, -0.2) is 26.8 Å². The minimum absolute atomic E-state index is 0.0925. The second kappa shape index (κ2) is 8.53. The van der Waals surface area contributed by atoms with Crippen LogP contribution in [0.1, 0.15) is 17.0 Å². The number of aromatic nitrogens is 3. The number of amides is 1. The number of carbonyl (C=O) groups excluding carboxylic acids is 1. The summed E-state index contributed by atoms with van der Waals surface area (Å²) in [5, 5.41) is 10.3. The fraction of sp³-hybridized carbons (Fsp3) is 0.211. The maximum Gasteiger partial charge on any atom is 0.234 e. The van der Waals surface area contributed by atoms with Gasteiger partial charge in [-0.3, -0.25) is 9.89 Å². The normalized spacial score (nSPS) is 10.5. The molecule has 0 spiro atoms. The Hall–Kier alpha value is -2.80. The summed E-state index contributed by atoms with van der Waals surface area (Å²) in [6, 6.07) is 15.4. The van der Waals surface area contributed by atoms with Gasteiger partial charge in [0.1, 0.15) is 12.4 Å². The molecule has 1 heterocycles. The highest BCUT2D eigenvalue weighted by molar-refractivity contribution is 7.99. The molecule has 0 saturated carbocycles. The van der Waals surface area contributed by atoms with Gasteiger partial charge in [0, 0.05) is 5.69 Å².